The second-order valence-electron chi connectivity index (χ2n) is 4.40. The zero-order chi connectivity index (χ0) is 12.8. The monoisotopic (exact) mass is 251 g/mol. The number of nitrogens with two attached hydrogens (primary N) is 1. The van der Waals surface area contributed by atoms with Gasteiger partial charge in [0.1, 0.15) is 0 Å². The van der Waals surface area contributed by atoms with Crippen molar-refractivity contribution < 1.29 is 0 Å². The highest BCUT2D eigenvalue weighted by molar-refractivity contribution is 5.43. The lowest BCUT2D eigenvalue weighted by atomic mass is 10.1. The van der Waals surface area contributed by atoms with Gasteiger partial charge in [0.2, 0.25) is 17.8 Å². The van der Waals surface area contributed by atoms with Crippen molar-refractivity contribution in [3.05, 3.63) is 0 Å². The van der Waals surface area contributed by atoms with Crippen molar-refractivity contribution in [1.29, 1.82) is 0 Å². The minimum Gasteiger partial charge on any atom is -0.354 e. The number of nitrogens with zero attached hydrogens (tertiary/aromatic N) is 4. The van der Waals surface area contributed by atoms with Gasteiger partial charge in [-0.05, 0) is 25.7 Å². The van der Waals surface area contributed by atoms with E-state index in [1.54, 1.807) is 0 Å². The molecule has 0 unspecified atom stereocenters. The lowest BCUT2D eigenvalue weighted by molar-refractivity contribution is 0.568. The number of aromatic nitrogens is 3. The molecule has 4 N–H and O–H groups in total. The molecule has 1 aliphatic heterocycles. The number of anilines is 3. The summed E-state index contributed by atoms with van der Waals surface area (Å²) in [7, 11) is 0. The molecule has 7 heteroatoms. The summed E-state index contributed by atoms with van der Waals surface area (Å²) in [5, 5.41) is 3.16. The van der Waals surface area contributed by atoms with Crippen LogP contribution in [-0.4, -0.2) is 34.6 Å². The van der Waals surface area contributed by atoms with E-state index in [1.807, 2.05) is 0 Å². The molecular weight excluding hydrogens is 230 g/mol. The molecule has 1 fully saturated rings. The van der Waals surface area contributed by atoms with E-state index in [4.69, 9.17) is 5.84 Å². The first-order valence-electron chi connectivity index (χ1n) is 6.55. The summed E-state index contributed by atoms with van der Waals surface area (Å²) >= 11 is 0. The molecule has 0 spiro atoms. The van der Waals surface area contributed by atoms with E-state index >= 15 is 0 Å². The predicted molar refractivity (Wildman–Crippen MR) is 72.5 cm³/mol. The first-order valence-corrected chi connectivity index (χ1v) is 6.55. The van der Waals surface area contributed by atoms with Crippen LogP contribution in [0.4, 0.5) is 17.8 Å². The van der Waals surface area contributed by atoms with E-state index in [0.717, 1.165) is 26.1 Å². The summed E-state index contributed by atoms with van der Waals surface area (Å²) in [6, 6.07) is 0. The highest BCUT2D eigenvalue weighted by atomic mass is 15.4. The number of nitrogen functional groups attached to an aromatic ring is 1. The van der Waals surface area contributed by atoms with Gasteiger partial charge in [-0.25, -0.2) is 5.84 Å². The molecule has 1 aliphatic rings. The number of hydrazine groups is 1. The Morgan fingerprint density at radius 2 is 1.83 bits per heavy atom. The van der Waals surface area contributed by atoms with Crippen LogP contribution in [0, 0.1) is 0 Å². The van der Waals surface area contributed by atoms with E-state index < -0.39 is 0 Å². The lowest BCUT2D eigenvalue weighted by Gasteiger charge is -2.26. The van der Waals surface area contributed by atoms with Crippen molar-refractivity contribution in [2.75, 3.05) is 35.3 Å². The summed E-state index contributed by atoms with van der Waals surface area (Å²) in [5.41, 5.74) is 2.49. The predicted octanol–water partition coefficient (Wildman–Crippen LogP) is 0.969. The van der Waals surface area contributed by atoms with Crippen molar-refractivity contribution >= 4 is 17.8 Å². The molecule has 0 bridgehead atoms. The van der Waals surface area contributed by atoms with Crippen LogP contribution in [0.3, 0.4) is 0 Å². The number of nitrogens with one attached hydrogen (secondary N) is 2. The maximum Gasteiger partial charge on any atom is 0.243 e. The molecule has 0 atom stereocenters. The van der Waals surface area contributed by atoms with Crippen LogP contribution in [0.5, 0.6) is 0 Å². The largest absolute Gasteiger partial charge is 0.354 e. The second kappa shape index (κ2) is 6.34. The third kappa shape index (κ3) is 3.19. The number of piperidine rings is 1. The second-order valence-corrected chi connectivity index (χ2v) is 4.40. The quantitative estimate of drug-likeness (QED) is 0.530. The fraction of sp³-hybridized carbons (Fsp3) is 0.727. The SMILES string of the molecule is CCCNc1nc(NN)nc(N2CCCCC2)n1. The fourth-order valence-corrected chi connectivity index (χ4v) is 1.98. The molecular formula is C11H21N7. The van der Waals surface area contributed by atoms with E-state index in [-0.39, 0.29) is 0 Å². The number of rotatable bonds is 5. The zero-order valence-electron chi connectivity index (χ0n) is 10.8. The first kappa shape index (κ1) is 12.8. The Kier molecular flexibility index (Phi) is 4.52. The van der Waals surface area contributed by atoms with E-state index in [9.17, 15) is 0 Å². The van der Waals surface area contributed by atoms with E-state index in [1.165, 1.54) is 19.3 Å². The van der Waals surface area contributed by atoms with Gasteiger partial charge in [-0.1, -0.05) is 6.92 Å². The Balaban J connectivity index is 2.16. The van der Waals surface area contributed by atoms with E-state index in [0.29, 0.717) is 17.8 Å². The first-order chi connectivity index (χ1) is 8.83. The van der Waals surface area contributed by atoms with Crippen molar-refractivity contribution in [3.63, 3.8) is 0 Å². The van der Waals surface area contributed by atoms with Crippen molar-refractivity contribution in [3.8, 4) is 0 Å². The number of hydrogen-bond acceptors (Lipinski definition) is 7. The molecule has 0 aliphatic carbocycles. The van der Waals surface area contributed by atoms with Crippen molar-refractivity contribution in [2.45, 2.75) is 32.6 Å². The maximum atomic E-state index is 5.40. The average Bonchev–Trinajstić information content (AvgIpc) is 2.45. The smallest absolute Gasteiger partial charge is 0.243 e. The summed E-state index contributed by atoms with van der Waals surface area (Å²) in [6.45, 7) is 4.94. The van der Waals surface area contributed by atoms with Crippen LogP contribution < -0.4 is 21.5 Å². The fourth-order valence-electron chi connectivity index (χ4n) is 1.98. The molecule has 0 radical (unpaired) electrons. The summed E-state index contributed by atoms with van der Waals surface area (Å²) in [5.74, 6) is 7.09. The summed E-state index contributed by atoms with van der Waals surface area (Å²) in [6.07, 6.45) is 4.68. The molecule has 7 nitrogen and oxygen atoms in total. The van der Waals surface area contributed by atoms with Crippen LogP contribution in [0.1, 0.15) is 32.6 Å². The molecule has 0 saturated carbocycles. The van der Waals surface area contributed by atoms with Gasteiger partial charge in [0, 0.05) is 19.6 Å². The third-order valence-electron chi connectivity index (χ3n) is 2.92. The Morgan fingerprint density at radius 1 is 1.11 bits per heavy atom. The van der Waals surface area contributed by atoms with Gasteiger partial charge >= 0.3 is 0 Å². The zero-order valence-corrected chi connectivity index (χ0v) is 10.8. The highest BCUT2D eigenvalue weighted by Gasteiger charge is 2.15. The molecule has 0 aromatic carbocycles. The van der Waals surface area contributed by atoms with Crippen molar-refractivity contribution in [2.24, 2.45) is 5.84 Å². The summed E-state index contributed by atoms with van der Waals surface area (Å²) in [4.78, 5) is 15.1. The van der Waals surface area contributed by atoms with Gasteiger partial charge in [-0.15, -0.1) is 0 Å². The Morgan fingerprint density at radius 3 is 2.50 bits per heavy atom. The maximum absolute atomic E-state index is 5.40. The van der Waals surface area contributed by atoms with Crippen LogP contribution in [0.15, 0.2) is 0 Å². The molecule has 2 heterocycles. The molecule has 100 valence electrons. The highest BCUT2D eigenvalue weighted by Crippen LogP contribution is 2.18. The number of hydrogen-bond donors (Lipinski definition) is 3. The molecule has 1 saturated heterocycles. The minimum absolute atomic E-state index is 0.407. The normalized spacial score (nSPS) is 15.6. The van der Waals surface area contributed by atoms with Crippen LogP contribution in [0.25, 0.3) is 0 Å². The van der Waals surface area contributed by atoms with Crippen LogP contribution in [-0.2, 0) is 0 Å². The van der Waals surface area contributed by atoms with Crippen molar-refractivity contribution in [1.82, 2.24) is 15.0 Å². The van der Waals surface area contributed by atoms with Crippen LogP contribution >= 0.6 is 0 Å². The molecule has 1 aromatic rings. The standard InChI is InChI=1S/C11H21N7/c1-2-6-13-9-14-10(17-12)16-11(15-9)18-7-4-3-5-8-18/h2-8,12H2,1H3,(H2,13,14,15,16,17). The summed E-state index contributed by atoms with van der Waals surface area (Å²) < 4.78 is 0. The third-order valence-corrected chi connectivity index (χ3v) is 2.92. The topological polar surface area (TPSA) is 92.0 Å². The lowest BCUT2D eigenvalue weighted by Crippen LogP contribution is -2.31. The van der Waals surface area contributed by atoms with Crippen LogP contribution in [0.2, 0.25) is 0 Å². The molecule has 18 heavy (non-hydrogen) atoms. The van der Waals surface area contributed by atoms with Gasteiger partial charge in [-0.3, -0.25) is 5.43 Å². The van der Waals surface area contributed by atoms with Gasteiger partial charge in [0.15, 0.2) is 0 Å². The van der Waals surface area contributed by atoms with Gasteiger partial charge in [0.05, 0.1) is 0 Å². The Hall–Kier alpha value is -1.63. The van der Waals surface area contributed by atoms with Gasteiger partial charge in [0.25, 0.3) is 0 Å². The van der Waals surface area contributed by atoms with Gasteiger partial charge in [-0.2, -0.15) is 15.0 Å². The van der Waals surface area contributed by atoms with Gasteiger partial charge < -0.3 is 10.2 Å². The molecule has 0 amide bonds. The Bertz CT molecular complexity index is 376. The molecule has 2 rings (SSSR count). The average molecular weight is 251 g/mol. The minimum atomic E-state index is 0.407. The van der Waals surface area contributed by atoms with E-state index in [2.05, 4.69) is 37.5 Å². The Labute approximate surface area is 107 Å². The molecule has 1 aromatic heterocycles.